The summed E-state index contributed by atoms with van der Waals surface area (Å²) >= 11 is 1.85. The lowest BCUT2D eigenvalue weighted by Crippen LogP contribution is -2.17. The van der Waals surface area contributed by atoms with Gasteiger partial charge in [-0.3, -0.25) is 9.78 Å². The van der Waals surface area contributed by atoms with Gasteiger partial charge in [-0.25, -0.2) is 5.43 Å². The molecule has 0 saturated heterocycles. The van der Waals surface area contributed by atoms with E-state index in [-0.39, 0.29) is 5.91 Å². The zero-order valence-electron chi connectivity index (χ0n) is 14.2. The van der Waals surface area contributed by atoms with E-state index < -0.39 is 0 Å². The fourth-order valence-electron chi connectivity index (χ4n) is 2.29. The van der Waals surface area contributed by atoms with Crippen molar-refractivity contribution in [2.24, 2.45) is 5.10 Å². The van der Waals surface area contributed by atoms with Gasteiger partial charge in [0.1, 0.15) is 0 Å². The van der Waals surface area contributed by atoms with Crippen LogP contribution >= 0.6 is 11.8 Å². The third-order valence-corrected chi connectivity index (χ3v) is 4.72. The van der Waals surface area contributed by atoms with Gasteiger partial charge in [0.2, 0.25) is 0 Å². The van der Waals surface area contributed by atoms with E-state index in [2.05, 4.69) is 39.8 Å². The van der Waals surface area contributed by atoms with Gasteiger partial charge in [0.15, 0.2) is 0 Å². The van der Waals surface area contributed by atoms with Gasteiger partial charge < -0.3 is 0 Å². The van der Waals surface area contributed by atoms with Crippen LogP contribution in [0.15, 0.2) is 84.1 Å². The second kappa shape index (κ2) is 9.53. The maximum absolute atomic E-state index is 12.1. The Hall–Kier alpha value is -2.92. The fourth-order valence-corrected chi connectivity index (χ4v) is 3.25. The first kappa shape index (κ1) is 17.9. The van der Waals surface area contributed by atoms with Gasteiger partial charge in [-0.05, 0) is 35.4 Å². The molecule has 3 rings (SSSR count). The molecule has 1 N–H and O–H groups in total. The molecule has 0 aliphatic heterocycles. The highest BCUT2D eigenvalue weighted by atomic mass is 32.2. The van der Waals surface area contributed by atoms with Crippen LogP contribution in [0.3, 0.4) is 0 Å². The minimum absolute atomic E-state index is 0.235. The number of hydrazone groups is 1. The van der Waals surface area contributed by atoms with Crippen LogP contribution in [0, 0.1) is 0 Å². The van der Waals surface area contributed by atoms with Crippen molar-refractivity contribution >= 4 is 23.9 Å². The number of hydrogen-bond acceptors (Lipinski definition) is 4. The molecule has 0 radical (unpaired) electrons. The molecule has 1 heterocycles. The van der Waals surface area contributed by atoms with E-state index in [0.29, 0.717) is 11.3 Å². The molecule has 0 aliphatic carbocycles. The molecular weight excluding hydrogens is 342 g/mol. The molecule has 1 aromatic heterocycles. The second-order valence-corrected chi connectivity index (χ2v) is 6.61. The van der Waals surface area contributed by atoms with Crippen LogP contribution in [0.2, 0.25) is 0 Å². The third kappa shape index (κ3) is 5.57. The Kier molecular flexibility index (Phi) is 6.56. The Labute approximate surface area is 157 Å². The summed E-state index contributed by atoms with van der Waals surface area (Å²) in [6, 6.07) is 23.5. The molecule has 0 aliphatic rings. The van der Waals surface area contributed by atoms with Gasteiger partial charge in [-0.1, -0.05) is 48.5 Å². The van der Waals surface area contributed by atoms with Gasteiger partial charge in [-0.15, -0.1) is 0 Å². The summed E-state index contributed by atoms with van der Waals surface area (Å²) in [5.41, 5.74) is 6.31. The molecule has 0 unspecified atom stereocenters. The number of rotatable bonds is 7. The molecule has 0 atom stereocenters. The van der Waals surface area contributed by atoms with E-state index in [4.69, 9.17) is 0 Å². The number of nitrogens with zero attached hydrogens (tertiary/aromatic N) is 2. The summed E-state index contributed by atoms with van der Waals surface area (Å²) in [4.78, 5) is 16.2. The maximum Gasteiger partial charge on any atom is 0.271 e. The molecular formula is C21H19N3OS. The van der Waals surface area contributed by atoms with Crippen molar-refractivity contribution in [2.45, 2.75) is 11.5 Å². The lowest BCUT2D eigenvalue weighted by molar-refractivity contribution is 0.0955. The first-order chi connectivity index (χ1) is 12.8. The summed E-state index contributed by atoms with van der Waals surface area (Å²) in [7, 11) is 0. The Morgan fingerprint density at radius 1 is 0.923 bits per heavy atom. The number of carbonyl (C=O) groups excluding carboxylic acids is 1. The monoisotopic (exact) mass is 361 g/mol. The van der Waals surface area contributed by atoms with Gasteiger partial charge in [-0.2, -0.15) is 16.9 Å². The highest BCUT2D eigenvalue weighted by molar-refractivity contribution is 7.97. The van der Waals surface area contributed by atoms with E-state index in [1.54, 1.807) is 6.20 Å². The number of thioether (sulfide) groups is 1. The second-order valence-electron chi connectivity index (χ2n) is 5.63. The molecule has 26 heavy (non-hydrogen) atoms. The zero-order chi connectivity index (χ0) is 18.0. The van der Waals surface area contributed by atoms with Crippen LogP contribution in [0.1, 0.15) is 27.2 Å². The molecule has 2 aromatic carbocycles. The summed E-state index contributed by atoms with van der Waals surface area (Å²) < 4.78 is 0. The average Bonchev–Trinajstić information content (AvgIpc) is 2.70. The van der Waals surface area contributed by atoms with Crippen LogP contribution < -0.4 is 5.43 Å². The van der Waals surface area contributed by atoms with Crippen molar-refractivity contribution in [1.29, 1.82) is 0 Å². The van der Waals surface area contributed by atoms with Gasteiger partial charge in [0, 0.05) is 23.3 Å². The van der Waals surface area contributed by atoms with Crippen LogP contribution in [0.25, 0.3) is 0 Å². The predicted molar refractivity (Wildman–Crippen MR) is 107 cm³/mol. The number of amides is 1. The molecule has 0 bridgehead atoms. The lowest BCUT2D eigenvalue weighted by atomic mass is 10.1. The predicted octanol–water partition coefficient (Wildman–Crippen LogP) is 4.28. The van der Waals surface area contributed by atoms with E-state index in [1.165, 1.54) is 17.3 Å². The zero-order valence-corrected chi connectivity index (χ0v) is 15.0. The number of benzene rings is 2. The van der Waals surface area contributed by atoms with Crippen molar-refractivity contribution in [3.05, 3.63) is 101 Å². The van der Waals surface area contributed by atoms with Crippen molar-refractivity contribution in [1.82, 2.24) is 10.4 Å². The first-order valence-electron chi connectivity index (χ1n) is 8.26. The largest absolute Gasteiger partial charge is 0.271 e. The molecule has 1 amide bonds. The molecule has 3 aromatic rings. The van der Waals surface area contributed by atoms with Crippen LogP contribution in [-0.2, 0) is 11.5 Å². The lowest BCUT2D eigenvalue weighted by Gasteiger charge is -2.04. The Morgan fingerprint density at radius 2 is 1.62 bits per heavy atom. The van der Waals surface area contributed by atoms with Crippen LogP contribution in [-0.4, -0.2) is 17.1 Å². The van der Waals surface area contributed by atoms with Gasteiger partial charge >= 0.3 is 0 Å². The molecule has 0 saturated carbocycles. The summed E-state index contributed by atoms with van der Waals surface area (Å²) in [5.74, 6) is 1.65. The van der Waals surface area contributed by atoms with Crippen molar-refractivity contribution in [3.8, 4) is 0 Å². The highest BCUT2D eigenvalue weighted by Gasteiger charge is 2.04. The molecule has 4 nitrogen and oxygen atoms in total. The van der Waals surface area contributed by atoms with Crippen LogP contribution in [0.5, 0.6) is 0 Å². The molecule has 130 valence electrons. The number of pyridine rings is 1. The Balaban J connectivity index is 1.47. The van der Waals surface area contributed by atoms with Gasteiger partial charge in [0.05, 0.1) is 11.9 Å². The smallest absolute Gasteiger partial charge is 0.267 e. The number of hydrogen-bond donors (Lipinski definition) is 1. The maximum atomic E-state index is 12.1. The van der Waals surface area contributed by atoms with E-state index >= 15 is 0 Å². The van der Waals surface area contributed by atoms with E-state index in [1.807, 2.05) is 60.3 Å². The van der Waals surface area contributed by atoms with E-state index in [9.17, 15) is 4.79 Å². The molecule has 5 heteroatoms. The standard InChI is InChI=1S/C21H19N3OS/c25-21(24-23-14-20-8-4-5-13-22-20)19-11-9-18(10-12-19)16-26-15-17-6-2-1-3-7-17/h1-14H,15-16H2,(H,24,25)/b23-14+. The van der Waals surface area contributed by atoms with Crippen molar-refractivity contribution < 1.29 is 4.79 Å². The Bertz CT molecular complexity index is 849. The summed E-state index contributed by atoms with van der Waals surface area (Å²) in [5, 5.41) is 3.93. The normalized spacial score (nSPS) is 10.8. The quantitative estimate of drug-likeness (QED) is 0.505. The molecule has 0 spiro atoms. The summed E-state index contributed by atoms with van der Waals surface area (Å²) in [6.07, 6.45) is 3.20. The average molecular weight is 361 g/mol. The number of carbonyl (C=O) groups is 1. The first-order valence-corrected chi connectivity index (χ1v) is 9.42. The Morgan fingerprint density at radius 3 is 2.31 bits per heavy atom. The van der Waals surface area contributed by atoms with Gasteiger partial charge in [0.25, 0.3) is 5.91 Å². The topological polar surface area (TPSA) is 54.4 Å². The minimum atomic E-state index is -0.235. The van der Waals surface area contributed by atoms with E-state index in [0.717, 1.165) is 11.5 Å². The van der Waals surface area contributed by atoms with Crippen molar-refractivity contribution in [2.75, 3.05) is 0 Å². The number of aromatic nitrogens is 1. The minimum Gasteiger partial charge on any atom is -0.267 e. The van der Waals surface area contributed by atoms with Crippen molar-refractivity contribution in [3.63, 3.8) is 0 Å². The third-order valence-electron chi connectivity index (χ3n) is 3.65. The number of nitrogens with one attached hydrogen (secondary N) is 1. The van der Waals surface area contributed by atoms with Crippen LogP contribution in [0.4, 0.5) is 0 Å². The fraction of sp³-hybridized carbons (Fsp3) is 0.0952. The summed E-state index contributed by atoms with van der Waals surface area (Å²) in [6.45, 7) is 0. The SMILES string of the molecule is O=C(N/N=C/c1ccccn1)c1ccc(CSCc2ccccc2)cc1. The molecule has 0 fully saturated rings. The highest BCUT2D eigenvalue weighted by Crippen LogP contribution is 2.18.